The van der Waals surface area contributed by atoms with E-state index in [2.05, 4.69) is 10.6 Å². The standard InChI is InChI=1S/C13H20N2O2/c1-2-14-9-8-13(17)15-12(10-16)11-6-4-3-5-7-11/h3-7,12,14,16H,2,8-10H2,1H3,(H,15,17)/t12-/m1/s1. The van der Waals surface area contributed by atoms with Crippen molar-refractivity contribution in [1.29, 1.82) is 0 Å². The van der Waals surface area contributed by atoms with Crippen molar-refractivity contribution >= 4 is 5.91 Å². The summed E-state index contributed by atoms with van der Waals surface area (Å²) >= 11 is 0. The highest BCUT2D eigenvalue weighted by molar-refractivity contribution is 5.76. The van der Waals surface area contributed by atoms with Gasteiger partial charge in [0.15, 0.2) is 0 Å². The number of hydrogen-bond acceptors (Lipinski definition) is 3. The second kappa shape index (κ2) is 7.81. The van der Waals surface area contributed by atoms with E-state index >= 15 is 0 Å². The molecule has 0 spiro atoms. The lowest BCUT2D eigenvalue weighted by Crippen LogP contribution is -2.32. The summed E-state index contributed by atoms with van der Waals surface area (Å²) in [5, 5.41) is 15.2. The Balaban J connectivity index is 2.44. The van der Waals surface area contributed by atoms with Gasteiger partial charge >= 0.3 is 0 Å². The van der Waals surface area contributed by atoms with Gasteiger partial charge in [0.2, 0.25) is 5.91 Å². The van der Waals surface area contributed by atoms with Gasteiger partial charge in [-0.1, -0.05) is 37.3 Å². The topological polar surface area (TPSA) is 61.4 Å². The minimum absolute atomic E-state index is 0.0474. The molecule has 0 aromatic heterocycles. The Hall–Kier alpha value is -1.39. The molecule has 1 amide bonds. The number of carbonyl (C=O) groups is 1. The van der Waals surface area contributed by atoms with Gasteiger partial charge in [-0.25, -0.2) is 0 Å². The molecule has 0 heterocycles. The zero-order chi connectivity index (χ0) is 12.5. The van der Waals surface area contributed by atoms with Crippen molar-refractivity contribution in [3.63, 3.8) is 0 Å². The first-order valence-corrected chi connectivity index (χ1v) is 5.93. The fourth-order valence-electron chi connectivity index (χ4n) is 1.56. The lowest BCUT2D eigenvalue weighted by molar-refractivity contribution is -0.122. The summed E-state index contributed by atoms with van der Waals surface area (Å²) in [5.41, 5.74) is 0.923. The molecule has 1 rings (SSSR count). The van der Waals surface area contributed by atoms with Crippen LogP contribution < -0.4 is 10.6 Å². The molecule has 0 aliphatic heterocycles. The van der Waals surface area contributed by atoms with Gasteiger partial charge < -0.3 is 15.7 Å². The molecule has 1 atom stereocenters. The van der Waals surface area contributed by atoms with Crippen molar-refractivity contribution in [3.05, 3.63) is 35.9 Å². The molecule has 0 aliphatic rings. The predicted octanol–water partition coefficient (Wildman–Crippen LogP) is 0.836. The van der Waals surface area contributed by atoms with Crippen LogP contribution in [-0.2, 0) is 4.79 Å². The molecule has 0 saturated carbocycles. The highest BCUT2D eigenvalue weighted by atomic mass is 16.3. The molecule has 3 N–H and O–H groups in total. The van der Waals surface area contributed by atoms with Crippen LogP contribution in [0.15, 0.2) is 30.3 Å². The number of carbonyl (C=O) groups excluding carboxylic acids is 1. The number of nitrogens with one attached hydrogen (secondary N) is 2. The van der Waals surface area contributed by atoms with Crippen LogP contribution in [0, 0.1) is 0 Å². The van der Waals surface area contributed by atoms with Crippen LogP contribution in [0.1, 0.15) is 24.9 Å². The van der Waals surface area contributed by atoms with Gasteiger partial charge in [0.1, 0.15) is 0 Å². The fourth-order valence-corrected chi connectivity index (χ4v) is 1.56. The Kier molecular flexibility index (Phi) is 6.29. The summed E-state index contributed by atoms with van der Waals surface area (Å²) in [6, 6.07) is 9.17. The molecule has 1 aromatic carbocycles. The molecule has 0 aliphatic carbocycles. The summed E-state index contributed by atoms with van der Waals surface area (Å²) in [5.74, 6) is -0.0474. The van der Waals surface area contributed by atoms with Crippen molar-refractivity contribution < 1.29 is 9.90 Å². The monoisotopic (exact) mass is 236 g/mol. The van der Waals surface area contributed by atoms with E-state index in [4.69, 9.17) is 0 Å². The van der Waals surface area contributed by atoms with Crippen LogP contribution in [-0.4, -0.2) is 30.7 Å². The first kappa shape index (κ1) is 13.7. The summed E-state index contributed by atoms with van der Waals surface area (Å²) < 4.78 is 0. The molecule has 4 heteroatoms. The van der Waals surface area contributed by atoms with E-state index in [0.29, 0.717) is 13.0 Å². The van der Waals surface area contributed by atoms with E-state index < -0.39 is 0 Å². The Morgan fingerprint density at radius 1 is 1.35 bits per heavy atom. The molecule has 0 radical (unpaired) electrons. The van der Waals surface area contributed by atoms with Gasteiger partial charge in [0.05, 0.1) is 12.6 Å². The second-order valence-electron chi connectivity index (χ2n) is 3.82. The molecule has 0 bridgehead atoms. The van der Waals surface area contributed by atoms with E-state index in [-0.39, 0.29) is 18.6 Å². The van der Waals surface area contributed by atoms with E-state index in [9.17, 15) is 9.90 Å². The summed E-state index contributed by atoms with van der Waals surface area (Å²) in [6.45, 7) is 3.43. The summed E-state index contributed by atoms with van der Waals surface area (Å²) in [4.78, 5) is 11.6. The largest absolute Gasteiger partial charge is 0.394 e. The average molecular weight is 236 g/mol. The van der Waals surface area contributed by atoms with Crippen LogP contribution in [0.5, 0.6) is 0 Å². The lowest BCUT2D eigenvalue weighted by atomic mass is 10.1. The Morgan fingerprint density at radius 3 is 2.65 bits per heavy atom. The molecule has 0 fully saturated rings. The molecule has 1 aromatic rings. The molecular weight excluding hydrogens is 216 g/mol. The molecule has 17 heavy (non-hydrogen) atoms. The SMILES string of the molecule is CCNCCC(=O)N[C@H](CO)c1ccccc1. The average Bonchev–Trinajstić information content (AvgIpc) is 2.37. The van der Waals surface area contributed by atoms with Gasteiger partial charge in [0, 0.05) is 13.0 Å². The number of aliphatic hydroxyl groups excluding tert-OH is 1. The Bertz CT molecular complexity index is 327. The molecule has 0 saturated heterocycles. The maximum Gasteiger partial charge on any atom is 0.221 e. The van der Waals surface area contributed by atoms with Gasteiger partial charge in [-0.3, -0.25) is 4.79 Å². The van der Waals surface area contributed by atoms with Crippen LogP contribution in [0.25, 0.3) is 0 Å². The van der Waals surface area contributed by atoms with Gasteiger partial charge in [0.25, 0.3) is 0 Å². The normalized spacial score (nSPS) is 12.1. The Morgan fingerprint density at radius 2 is 2.06 bits per heavy atom. The second-order valence-corrected chi connectivity index (χ2v) is 3.82. The van der Waals surface area contributed by atoms with Gasteiger partial charge in [-0.15, -0.1) is 0 Å². The summed E-state index contributed by atoms with van der Waals surface area (Å²) in [6.07, 6.45) is 0.428. The van der Waals surface area contributed by atoms with Crippen molar-refractivity contribution in [1.82, 2.24) is 10.6 Å². The van der Waals surface area contributed by atoms with Crippen molar-refractivity contribution in [2.24, 2.45) is 0 Å². The van der Waals surface area contributed by atoms with E-state index in [0.717, 1.165) is 12.1 Å². The van der Waals surface area contributed by atoms with Gasteiger partial charge in [-0.2, -0.15) is 0 Å². The highest BCUT2D eigenvalue weighted by Crippen LogP contribution is 2.11. The van der Waals surface area contributed by atoms with Crippen LogP contribution in [0.2, 0.25) is 0 Å². The predicted molar refractivity (Wildman–Crippen MR) is 67.6 cm³/mol. The first-order chi connectivity index (χ1) is 8.27. The van der Waals surface area contributed by atoms with Crippen LogP contribution >= 0.6 is 0 Å². The Labute approximate surface area is 102 Å². The minimum atomic E-state index is -0.315. The molecular formula is C13H20N2O2. The molecule has 0 unspecified atom stereocenters. The zero-order valence-corrected chi connectivity index (χ0v) is 10.1. The lowest BCUT2D eigenvalue weighted by Gasteiger charge is -2.16. The maximum atomic E-state index is 11.6. The molecule has 4 nitrogen and oxygen atoms in total. The third-order valence-electron chi connectivity index (χ3n) is 2.50. The number of rotatable bonds is 7. The van der Waals surface area contributed by atoms with Crippen LogP contribution in [0.4, 0.5) is 0 Å². The third kappa shape index (κ3) is 4.97. The quantitative estimate of drug-likeness (QED) is 0.615. The minimum Gasteiger partial charge on any atom is -0.394 e. The van der Waals surface area contributed by atoms with Crippen molar-refractivity contribution in [3.8, 4) is 0 Å². The molecule has 94 valence electrons. The number of amides is 1. The fraction of sp³-hybridized carbons (Fsp3) is 0.462. The number of aliphatic hydroxyl groups is 1. The van der Waals surface area contributed by atoms with E-state index in [1.165, 1.54) is 0 Å². The first-order valence-electron chi connectivity index (χ1n) is 5.93. The van der Waals surface area contributed by atoms with Crippen molar-refractivity contribution in [2.75, 3.05) is 19.7 Å². The maximum absolute atomic E-state index is 11.6. The third-order valence-corrected chi connectivity index (χ3v) is 2.50. The van der Waals surface area contributed by atoms with E-state index in [1.807, 2.05) is 37.3 Å². The zero-order valence-electron chi connectivity index (χ0n) is 10.1. The van der Waals surface area contributed by atoms with Crippen molar-refractivity contribution in [2.45, 2.75) is 19.4 Å². The number of benzene rings is 1. The van der Waals surface area contributed by atoms with Gasteiger partial charge in [-0.05, 0) is 12.1 Å². The smallest absolute Gasteiger partial charge is 0.221 e. The number of hydrogen-bond donors (Lipinski definition) is 3. The summed E-state index contributed by atoms with van der Waals surface area (Å²) in [7, 11) is 0. The highest BCUT2D eigenvalue weighted by Gasteiger charge is 2.12. The van der Waals surface area contributed by atoms with Crippen LogP contribution in [0.3, 0.4) is 0 Å². The van der Waals surface area contributed by atoms with E-state index in [1.54, 1.807) is 0 Å².